The number of amides is 1. The number of ether oxygens (including phenoxy) is 1. The number of likely N-dealkylation sites (N-methyl/N-ethyl adjacent to an activating group) is 1. The van der Waals surface area contributed by atoms with Crippen LogP contribution in [0.1, 0.15) is 11.1 Å². The van der Waals surface area contributed by atoms with Crippen LogP contribution in [-0.4, -0.2) is 22.7 Å². The zero-order valence-electron chi connectivity index (χ0n) is 14.3. The highest BCUT2D eigenvalue weighted by Crippen LogP contribution is 2.37. The first-order chi connectivity index (χ1) is 12.1. The van der Waals surface area contributed by atoms with Gasteiger partial charge in [-0.2, -0.15) is 5.10 Å². The molecule has 0 bridgehead atoms. The minimum Gasteiger partial charge on any atom is -0.488 e. The highest BCUT2D eigenvalue weighted by molar-refractivity contribution is 5.93. The van der Waals surface area contributed by atoms with E-state index in [1.807, 2.05) is 49.4 Å². The molecular formula is C20H19N3O2. The fraction of sp³-hybridized carbons (Fsp3) is 0.200. The summed E-state index contributed by atoms with van der Waals surface area (Å²) in [5, 5.41) is 4.43. The molecule has 0 radical (unpaired) electrons. The van der Waals surface area contributed by atoms with E-state index >= 15 is 0 Å². The van der Waals surface area contributed by atoms with Crippen LogP contribution in [-0.2, 0) is 17.9 Å². The van der Waals surface area contributed by atoms with Gasteiger partial charge in [0.15, 0.2) is 0 Å². The summed E-state index contributed by atoms with van der Waals surface area (Å²) in [7, 11) is 1.79. The summed E-state index contributed by atoms with van der Waals surface area (Å²) in [6, 6.07) is 15.7. The minimum absolute atomic E-state index is 0.0159. The number of carbonyl (C=O) groups is 1. The largest absolute Gasteiger partial charge is 0.488 e. The van der Waals surface area contributed by atoms with Crippen molar-refractivity contribution in [1.82, 2.24) is 9.78 Å². The van der Waals surface area contributed by atoms with Gasteiger partial charge >= 0.3 is 0 Å². The Morgan fingerprint density at radius 3 is 2.84 bits per heavy atom. The van der Waals surface area contributed by atoms with E-state index in [4.69, 9.17) is 4.74 Å². The molecule has 0 unspecified atom stereocenters. The summed E-state index contributed by atoms with van der Waals surface area (Å²) >= 11 is 0. The van der Waals surface area contributed by atoms with E-state index in [1.165, 1.54) is 0 Å². The molecule has 2 aromatic carbocycles. The summed E-state index contributed by atoms with van der Waals surface area (Å²) in [6.45, 7) is 2.71. The number of rotatable bonds is 3. The molecule has 0 spiro atoms. The third-order valence-corrected chi connectivity index (χ3v) is 4.49. The van der Waals surface area contributed by atoms with Gasteiger partial charge in [-0.15, -0.1) is 0 Å². The number of hydrogen-bond acceptors (Lipinski definition) is 3. The maximum atomic E-state index is 12.7. The standard InChI is InChI=1S/C20H19N3O2/c1-14-8-9-18-17(10-14)20-15(13-25-18)11-21-23(20)12-19(24)22(2)16-6-4-3-5-7-16/h3-11H,12-13H2,1-2H3. The fourth-order valence-electron chi connectivity index (χ4n) is 3.10. The van der Waals surface area contributed by atoms with E-state index in [-0.39, 0.29) is 12.5 Å². The number of carbonyl (C=O) groups excluding carboxylic acids is 1. The molecule has 0 fully saturated rings. The van der Waals surface area contributed by atoms with Crippen LogP contribution in [0.15, 0.2) is 54.7 Å². The van der Waals surface area contributed by atoms with Crippen molar-refractivity contribution in [3.05, 3.63) is 65.9 Å². The number of para-hydroxylation sites is 1. The summed E-state index contributed by atoms with van der Waals surface area (Å²) in [4.78, 5) is 14.4. The lowest BCUT2D eigenvalue weighted by Gasteiger charge is -2.21. The number of anilines is 1. The SMILES string of the molecule is Cc1ccc2c(c1)-c1c(cnn1CC(=O)N(C)c1ccccc1)CO2. The minimum atomic E-state index is -0.0159. The van der Waals surface area contributed by atoms with Crippen LogP contribution in [0.2, 0.25) is 0 Å². The van der Waals surface area contributed by atoms with Gasteiger partial charge in [0.25, 0.3) is 0 Å². The smallest absolute Gasteiger partial charge is 0.248 e. The molecule has 2 heterocycles. The predicted octanol–water partition coefficient (Wildman–Crippen LogP) is 3.41. The molecule has 5 heteroatoms. The molecule has 0 atom stereocenters. The molecule has 5 nitrogen and oxygen atoms in total. The van der Waals surface area contributed by atoms with Crippen LogP contribution in [0.25, 0.3) is 11.3 Å². The summed E-state index contributed by atoms with van der Waals surface area (Å²) in [5.74, 6) is 0.821. The molecule has 0 saturated carbocycles. The Morgan fingerprint density at radius 1 is 1.24 bits per heavy atom. The summed E-state index contributed by atoms with van der Waals surface area (Å²) in [6.07, 6.45) is 1.79. The molecule has 0 N–H and O–H groups in total. The van der Waals surface area contributed by atoms with Crippen molar-refractivity contribution >= 4 is 11.6 Å². The second-order valence-electron chi connectivity index (χ2n) is 6.25. The van der Waals surface area contributed by atoms with Crippen LogP contribution >= 0.6 is 0 Å². The van der Waals surface area contributed by atoms with Crippen molar-refractivity contribution in [3.8, 4) is 17.0 Å². The van der Waals surface area contributed by atoms with Gasteiger partial charge in [0, 0.05) is 23.9 Å². The van der Waals surface area contributed by atoms with Crippen LogP contribution in [0.3, 0.4) is 0 Å². The quantitative estimate of drug-likeness (QED) is 0.738. The molecule has 25 heavy (non-hydrogen) atoms. The molecule has 0 saturated heterocycles. The Bertz CT molecular complexity index is 931. The van der Waals surface area contributed by atoms with Crippen LogP contribution in [0, 0.1) is 6.92 Å². The Morgan fingerprint density at radius 2 is 2.04 bits per heavy atom. The second kappa shape index (κ2) is 6.09. The van der Waals surface area contributed by atoms with E-state index in [9.17, 15) is 4.79 Å². The molecular weight excluding hydrogens is 314 g/mol. The zero-order valence-corrected chi connectivity index (χ0v) is 14.3. The van der Waals surface area contributed by atoms with Crippen molar-refractivity contribution in [3.63, 3.8) is 0 Å². The van der Waals surface area contributed by atoms with Gasteiger partial charge in [-0.25, -0.2) is 0 Å². The Labute approximate surface area is 146 Å². The van der Waals surface area contributed by atoms with Gasteiger partial charge in [0.1, 0.15) is 18.9 Å². The van der Waals surface area contributed by atoms with Crippen LogP contribution in [0.5, 0.6) is 5.75 Å². The number of aromatic nitrogens is 2. The maximum Gasteiger partial charge on any atom is 0.248 e. The van der Waals surface area contributed by atoms with E-state index in [1.54, 1.807) is 22.8 Å². The van der Waals surface area contributed by atoms with Gasteiger partial charge in [0.2, 0.25) is 5.91 Å². The summed E-state index contributed by atoms with van der Waals surface area (Å²) in [5.41, 5.74) is 4.99. The first-order valence-corrected chi connectivity index (χ1v) is 8.23. The normalized spacial score (nSPS) is 12.1. The lowest BCUT2D eigenvalue weighted by molar-refractivity contribution is -0.119. The second-order valence-corrected chi connectivity index (χ2v) is 6.25. The van der Waals surface area contributed by atoms with E-state index in [0.717, 1.165) is 33.8 Å². The molecule has 1 aromatic heterocycles. The van der Waals surface area contributed by atoms with Gasteiger partial charge in [-0.3, -0.25) is 9.48 Å². The zero-order chi connectivity index (χ0) is 17.4. The van der Waals surface area contributed by atoms with Gasteiger partial charge < -0.3 is 9.64 Å². The molecule has 1 aliphatic heterocycles. The number of nitrogens with zero attached hydrogens (tertiary/aromatic N) is 3. The third kappa shape index (κ3) is 2.78. The Balaban J connectivity index is 1.66. The average Bonchev–Trinajstić information content (AvgIpc) is 3.05. The van der Waals surface area contributed by atoms with E-state index < -0.39 is 0 Å². The highest BCUT2D eigenvalue weighted by atomic mass is 16.5. The number of fused-ring (bicyclic) bond motifs is 3. The first kappa shape index (κ1) is 15.4. The molecule has 3 aromatic rings. The van der Waals surface area contributed by atoms with Crippen molar-refractivity contribution < 1.29 is 9.53 Å². The van der Waals surface area contributed by atoms with Gasteiger partial charge in [-0.1, -0.05) is 29.8 Å². The molecule has 0 aliphatic carbocycles. The molecule has 4 rings (SSSR count). The topological polar surface area (TPSA) is 47.4 Å². The lowest BCUT2D eigenvalue weighted by atomic mass is 10.0. The van der Waals surface area contributed by atoms with E-state index in [2.05, 4.69) is 11.2 Å². The number of hydrogen-bond donors (Lipinski definition) is 0. The third-order valence-electron chi connectivity index (χ3n) is 4.49. The van der Waals surface area contributed by atoms with Gasteiger partial charge in [-0.05, 0) is 31.2 Å². The predicted molar refractivity (Wildman–Crippen MR) is 96.6 cm³/mol. The number of benzene rings is 2. The average molecular weight is 333 g/mol. The Hall–Kier alpha value is -3.08. The first-order valence-electron chi connectivity index (χ1n) is 8.23. The van der Waals surface area contributed by atoms with Crippen molar-refractivity contribution in [2.24, 2.45) is 0 Å². The maximum absolute atomic E-state index is 12.7. The number of aryl methyl sites for hydroxylation is 1. The van der Waals surface area contributed by atoms with Crippen molar-refractivity contribution in [2.45, 2.75) is 20.1 Å². The Kier molecular flexibility index (Phi) is 3.76. The molecule has 126 valence electrons. The highest BCUT2D eigenvalue weighted by Gasteiger charge is 2.24. The monoisotopic (exact) mass is 333 g/mol. The van der Waals surface area contributed by atoms with Crippen molar-refractivity contribution in [1.29, 1.82) is 0 Å². The lowest BCUT2D eigenvalue weighted by Crippen LogP contribution is -2.30. The fourth-order valence-corrected chi connectivity index (χ4v) is 3.10. The van der Waals surface area contributed by atoms with Crippen LogP contribution < -0.4 is 9.64 Å². The molecule has 1 aliphatic rings. The molecule has 1 amide bonds. The van der Waals surface area contributed by atoms with Crippen LogP contribution in [0.4, 0.5) is 5.69 Å². The van der Waals surface area contributed by atoms with Crippen molar-refractivity contribution in [2.75, 3.05) is 11.9 Å². The van der Waals surface area contributed by atoms with E-state index in [0.29, 0.717) is 6.61 Å². The summed E-state index contributed by atoms with van der Waals surface area (Å²) < 4.78 is 7.57. The van der Waals surface area contributed by atoms with Gasteiger partial charge in [0.05, 0.1) is 11.9 Å².